The van der Waals surface area contributed by atoms with Crippen molar-refractivity contribution in [2.45, 2.75) is 17.9 Å². The van der Waals surface area contributed by atoms with Gasteiger partial charge in [0.2, 0.25) is 10.0 Å². The Labute approximate surface area is 130 Å². The van der Waals surface area contributed by atoms with Crippen LogP contribution >= 0.6 is 15.9 Å². The number of hydrogen-bond acceptors (Lipinski definition) is 2. The van der Waals surface area contributed by atoms with Gasteiger partial charge in [0.05, 0.1) is 4.90 Å². The molecule has 3 nitrogen and oxygen atoms in total. The van der Waals surface area contributed by atoms with Crippen LogP contribution < -0.4 is 4.72 Å². The van der Waals surface area contributed by atoms with Gasteiger partial charge in [-0.3, -0.25) is 0 Å². The summed E-state index contributed by atoms with van der Waals surface area (Å²) >= 11 is 3.20. The highest BCUT2D eigenvalue weighted by Gasteiger charge is 2.22. The number of hydrogen-bond donors (Lipinski definition) is 1. The van der Waals surface area contributed by atoms with Crippen molar-refractivity contribution in [1.82, 2.24) is 4.72 Å². The molecule has 112 valence electrons. The monoisotopic (exact) mass is 375 g/mol. The summed E-state index contributed by atoms with van der Waals surface area (Å²) in [4.78, 5) is 0.0225. The Morgan fingerprint density at radius 3 is 2.10 bits per heavy atom. The molecule has 0 heterocycles. The molecule has 2 rings (SSSR count). The van der Waals surface area contributed by atoms with E-state index in [1.165, 1.54) is 25.1 Å². The lowest BCUT2D eigenvalue weighted by molar-refractivity contribution is 0.515. The molecule has 7 heteroatoms. The van der Waals surface area contributed by atoms with Crippen LogP contribution in [0, 0.1) is 11.6 Å². The predicted molar refractivity (Wildman–Crippen MR) is 79.2 cm³/mol. The van der Waals surface area contributed by atoms with Crippen molar-refractivity contribution in [3.05, 3.63) is 64.1 Å². The molecule has 0 saturated carbocycles. The van der Waals surface area contributed by atoms with E-state index in [1.807, 2.05) is 0 Å². The SMILES string of the molecule is CC(NS(=O)(=O)c1ccc(Br)cc1)c1c(F)cccc1F. The van der Waals surface area contributed by atoms with E-state index >= 15 is 0 Å². The number of halogens is 3. The topological polar surface area (TPSA) is 46.2 Å². The first-order chi connectivity index (χ1) is 9.81. The second-order valence-electron chi connectivity index (χ2n) is 4.43. The Morgan fingerprint density at radius 1 is 1.05 bits per heavy atom. The molecule has 0 radical (unpaired) electrons. The third-order valence-electron chi connectivity index (χ3n) is 2.89. The van der Waals surface area contributed by atoms with Gasteiger partial charge in [0, 0.05) is 16.1 Å². The minimum Gasteiger partial charge on any atom is -0.207 e. The molecule has 0 fully saturated rings. The molecule has 0 saturated heterocycles. The lowest BCUT2D eigenvalue weighted by Gasteiger charge is -2.16. The lowest BCUT2D eigenvalue weighted by atomic mass is 10.1. The van der Waals surface area contributed by atoms with Crippen molar-refractivity contribution in [3.8, 4) is 0 Å². The number of rotatable bonds is 4. The van der Waals surface area contributed by atoms with Crippen LogP contribution in [0.2, 0.25) is 0 Å². The summed E-state index contributed by atoms with van der Waals surface area (Å²) in [5, 5.41) is 0. The first-order valence-corrected chi connectivity index (χ1v) is 8.30. The molecular weight excluding hydrogens is 364 g/mol. The maximum atomic E-state index is 13.7. The second kappa shape index (κ2) is 6.21. The van der Waals surface area contributed by atoms with Crippen molar-refractivity contribution >= 4 is 26.0 Å². The highest BCUT2D eigenvalue weighted by molar-refractivity contribution is 9.10. The Kier molecular flexibility index (Phi) is 4.75. The molecule has 2 aromatic rings. The summed E-state index contributed by atoms with van der Waals surface area (Å²) in [7, 11) is -3.86. The fraction of sp³-hybridized carbons (Fsp3) is 0.143. The summed E-state index contributed by atoms with van der Waals surface area (Å²) in [6.07, 6.45) is 0. The van der Waals surface area contributed by atoms with Crippen molar-refractivity contribution in [1.29, 1.82) is 0 Å². The summed E-state index contributed by atoms with van der Waals surface area (Å²) in [6, 6.07) is 8.31. The van der Waals surface area contributed by atoms with E-state index < -0.39 is 27.7 Å². The quantitative estimate of drug-likeness (QED) is 0.883. The molecule has 1 N–H and O–H groups in total. The zero-order chi connectivity index (χ0) is 15.6. The second-order valence-corrected chi connectivity index (χ2v) is 7.06. The van der Waals surface area contributed by atoms with Gasteiger partial charge in [0.25, 0.3) is 0 Å². The molecule has 0 bridgehead atoms. The normalized spacial score (nSPS) is 13.1. The standard InChI is InChI=1S/C14H12BrF2NO2S/c1-9(14-12(16)3-2-4-13(14)17)18-21(19,20)11-7-5-10(15)6-8-11/h2-9,18H,1H3. The third kappa shape index (κ3) is 3.66. The smallest absolute Gasteiger partial charge is 0.207 e. The molecule has 21 heavy (non-hydrogen) atoms. The summed E-state index contributed by atoms with van der Waals surface area (Å²) < 4.78 is 54.7. The van der Waals surface area contributed by atoms with Gasteiger partial charge < -0.3 is 0 Å². The predicted octanol–water partition coefficient (Wildman–Crippen LogP) is 3.77. The summed E-state index contributed by atoms with van der Waals surface area (Å²) in [5.74, 6) is -1.58. The van der Waals surface area contributed by atoms with Gasteiger partial charge >= 0.3 is 0 Å². The fourth-order valence-electron chi connectivity index (χ4n) is 1.90. The Hall–Kier alpha value is -1.31. The van der Waals surface area contributed by atoms with Crippen molar-refractivity contribution in [2.75, 3.05) is 0 Å². The van der Waals surface area contributed by atoms with E-state index in [0.717, 1.165) is 16.6 Å². The molecular formula is C14H12BrF2NO2S. The Balaban J connectivity index is 2.30. The summed E-state index contributed by atoms with van der Waals surface area (Å²) in [6.45, 7) is 1.39. The van der Waals surface area contributed by atoms with Crippen LogP contribution in [-0.4, -0.2) is 8.42 Å². The summed E-state index contributed by atoms with van der Waals surface area (Å²) in [5.41, 5.74) is -0.307. The van der Waals surface area contributed by atoms with Crippen molar-refractivity contribution in [3.63, 3.8) is 0 Å². The highest BCUT2D eigenvalue weighted by atomic mass is 79.9. The van der Waals surface area contributed by atoms with E-state index in [-0.39, 0.29) is 10.5 Å². The van der Waals surface area contributed by atoms with Crippen LogP contribution in [0.15, 0.2) is 51.8 Å². The average molecular weight is 376 g/mol. The van der Waals surface area contributed by atoms with Gasteiger partial charge in [0.15, 0.2) is 0 Å². The van der Waals surface area contributed by atoms with E-state index in [0.29, 0.717) is 0 Å². The number of nitrogens with one attached hydrogen (secondary N) is 1. The van der Waals surface area contributed by atoms with E-state index in [9.17, 15) is 17.2 Å². The van der Waals surface area contributed by atoms with Gasteiger partial charge in [-0.05, 0) is 43.3 Å². The molecule has 1 atom stereocenters. The molecule has 0 aliphatic carbocycles. The van der Waals surface area contributed by atoms with E-state index in [2.05, 4.69) is 20.7 Å². The third-order valence-corrected chi connectivity index (χ3v) is 4.97. The first-order valence-electron chi connectivity index (χ1n) is 6.03. The minimum atomic E-state index is -3.86. The van der Waals surface area contributed by atoms with Crippen LogP contribution in [0.4, 0.5) is 8.78 Å². The Bertz CT molecular complexity index is 728. The minimum absolute atomic E-state index is 0.0225. The maximum absolute atomic E-state index is 13.7. The van der Waals surface area contributed by atoms with Crippen LogP contribution in [-0.2, 0) is 10.0 Å². The van der Waals surface area contributed by atoms with Gasteiger partial charge in [0.1, 0.15) is 11.6 Å². The molecule has 0 amide bonds. The molecule has 0 aromatic heterocycles. The highest BCUT2D eigenvalue weighted by Crippen LogP contribution is 2.23. The first kappa shape index (κ1) is 16.1. The van der Waals surface area contributed by atoms with Crippen molar-refractivity contribution in [2.24, 2.45) is 0 Å². The van der Waals surface area contributed by atoms with Gasteiger partial charge in [-0.25, -0.2) is 21.9 Å². The van der Waals surface area contributed by atoms with Crippen LogP contribution in [0.1, 0.15) is 18.5 Å². The van der Waals surface area contributed by atoms with Crippen LogP contribution in [0.5, 0.6) is 0 Å². The van der Waals surface area contributed by atoms with E-state index in [1.54, 1.807) is 12.1 Å². The van der Waals surface area contributed by atoms with Crippen molar-refractivity contribution < 1.29 is 17.2 Å². The number of sulfonamides is 1. The number of benzene rings is 2. The van der Waals surface area contributed by atoms with Crippen LogP contribution in [0.3, 0.4) is 0 Å². The van der Waals surface area contributed by atoms with Crippen LogP contribution in [0.25, 0.3) is 0 Å². The lowest BCUT2D eigenvalue weighted by Crippen LogP contribution is -2.28. The zero-order valence-electron chi connectivity index (χ0n) is 11.0. The van der Waals surface area contributed by atoms with E-state index in [4.69, 9.17) is 0 Å². The molecule has 0 aliphatic heterocycles. The fourth-order valence-corrected chi connectivity index (χ4v) is 3.38. The molecule has 2 aromatic carbocycles. The molecule has 1 unspecified atom stereocenters. The molecule has 0 aliphatic rings. The molecule has 0 spiro atoms. The van der Waals surface area contributed by atoms with Gasteiger partial charge in [-0.15, -0.1) is 0 Å². The van der Waals surface area contributed by atoms with Gasteiger partial charge in [-0.2, -0.15) is 0 Å². The largest absolute Gasteiger partial charge is 0.241 e. The Morgan fingerprint density at radius 2 is 1.57 bits per heavy atom. The zero-order valence-corrected chi connectivity index (χ0v) is 13.4. The van der Waals surface area contributed by atoms with Gasteiger partial charge in [-0.1, -0.05) is 22.0 Å². The maximum Gasteiger partial charge on any atom is 0.241 e. The average Bonchev–Trinajstić information content (AvgIpc) is 2.38.